The van der Waals surface area contributed by atoms with Gasteiger partial charge in [-0.2, -0.15) is 5.10 Å². The molecule has 20 heavy (non-hydrogen) atoms. The van der Waals surface area contributed by atoms with E-state index < -0.39 is 0 Å². The van der Waals surface area contributed by atoms with Gasteiger partial charge in [-0.05, 0) is 31.0 Å². The van der Waals surface area contributed by atoms with Gasteiger partial charge in [0, 0.05) is 31.5 Å². The summed E-state index contributed by atoms with van der Waals surface area (Å²) in [6, 6.07) is 4.92. The first-order chi connectivity index (χ1) is 9.62. The van der Waals surface area contributed by atoms with E-state index in [1.807, 2.05) is 0 Å². The minimum atomic E-state index is 0.520. The van der Waals surface area contributed by atoms with E-state index >= 15 is 0 Å². The van der Waals surface area contributed by atoms with Crippen LogP contribution in [-0.4, -0.2) is 20.4 Å². The quantitative estimate of drug-likeness (QED) is 0.842. The average molecular weight is 274 g/mol. The lowest BCUT2D eigenvalue weighted by molar-refractivity contribution is 0.584. The highest BCUT2D eigenvalue weighted by Gasteiger charge is 2.06. The number of aryl methyl sites for hydroxylation is 2. The van der Waals surface area contributed by atoms with Crippen molar-refractivity contribution in [1.82, 2.24) is 19.7 Å². The van der Waals surface area contributed by atoms with Gasteiger partial charge in [0.1, 0.15) is 0 Å². The normalized spacial score (nSPS) is 11.4. The Morgan fingerprint density at radius 1 is 1.30 bits per heavy atom. The molecule has 1 N–H and O–H groups in total. The van der Waals surface area contributed by atoms with E-state index in [-0.39, 0.29) is 0 Å². The van der Waals surface area contributed by atoms with Gasteiger partial charge in [-0.1, -0.05) is 20.8 Å². The molecule has 2 aromatic rings. The summed E-state index contributed by atoms with van der Waals surface area (Å²) >= 11 is 0. The fourth-order valence-corrected chi connectivity index (χ4v) is 2.29. The van der Waals surface area contributed by atoms with Crippen molar-refractivity contribution < 1.29 is 0 Å². The molecular weight excluding hydrogens is 248 g/mol. The van der Waals surface area contributed by atoms with Crippen LogP contribution >= 0.6 is 0 Å². The summed E-state index contributed by atoms with van der Waals surface area (Å²) in [4.78, 5) is 0. The van der Waals surface area contributed by atoms with E-state index in [1.54, 1.807) is 0 Å². The summed E-state index contributed by atoms with van der Waals surface area (Å²) in [7, 11) is 0. The van der Waals surface area contributed by atoms with Crippen molar-refractivity contribution in [2.24, 2.45) is 0 Å². The molecular formula is C16H26N4. The molecule has 2 rings (SSSR count). The van der Waals surface area contributed by atoms with Gasteiger partial charge in [0.25, 0.3) is 0 Å². The van der Waals surface area contributed by atoms with Crippen molar-refractivity contribution in [2.45, 2.75) is 59.8 Å². The predicted octanol–water partition coefficient (Wildman–Crippen LogP) is 2.81. The van der Waals surface area contributed by atoms with Crippen LogP contribution in [0.3, 0.4) is 0 Å². The van der Waals surface area contributed by atoms with Gasteiger partial charge in [0.05, 0.1) is 17.9 Å². The van der Waals surface area contributed by atoms with Crippen molar-refractivity contribution in [3.63, 3.8) is 0 Å². The van der Waals surface area contributed by atoms with Crippen LogP contribution in [0.15, 0.2) is 24.5 Å². The lowest BCUT2D eigenvalue weighted by atomic mass is 10.3. The molecule has 0 fully saturated rings. The van der Waals surface area contributed by atoms with E-state index in [1.165, 1.54) is 17.0 Å². The third kappa shape index (κ3) is 3.73. The van der Waals surface area contributed by atoms with Gasteiger partial charge in [0.2, 0.25) is 0 Å². The Morgan fingerprint density at radius 2 is 2.10 bits per heavy atom. The molecule has 0 aromatic carbocycles. The molecule has 0 aliphatic carbocycles. The first-order valence-corrected chi connectivity index (χ1v) is 7.56. The van der Waals surface area contributed by atoms with Crippen LogP contribution in [0.4, 0.5) is 0 Å². The van der Waals surface area contributed by atoms with E-state index in [0.717, 1.165) is 26.1 Å². The number of aromatic nitrogens is 3. The van der Waals surface area contributed by atoms with Crippen LogP contribution in [-0.2, 0) is 26.1 Å². The Morgan fingerprint density at radius 3 is 2.75 bits per heavy atom. The standard InChI is InChI=1S/C16H26N4/c1-5-15-9-16(20(6-2)18-15)12-19-8-7-14(11-19)10-17-13(3)4/h7-9,11,13,17H,5-6,10,12H2,1-4H3. The lowest BCUT2D eigenvalue weighted by Crippen LogP contribution is -2.21. The molecule has 0 saturated heterocycles. The van der Waals surface area contributed by atoms with E-state index in [0.29, 0.717) is 6.04 Å². The first kappa shape index (κ1) is 14.9. The topological polar surface area (TPSA) is 34.8 Å². The molecule has 4 nitrogen and oxygen atoms in total. The monoisotopic (exact) mass is 274 g/mol. The fourth-order valence-electron chi connectivity index (χ4n) is 2.29. The maximum atomic E-state index is 4.60. The Kier molecular flexibility index (Phi) is 5.01. The number of rotatable bonds is 7. The Hall–Kier alpha value is -1.55. The Labute approximate surface area is 121 Å². The third-order valence-corrected chi connectivity index (χ3v) is 3.45. The van der Waals surface area contributed by atoms with Gasteiger partial charge >= 0.3 is 0 Å². The summed E-state index contributed by atoms with van der Waals surface area (Å²) in [5.41, 5.74) is 3.79. The molecule has 2 aromatic heterocycles. The molecule has 0 aliphatic rings. The van der Waals surface area contributed by atoms with E-state index in [4.69, 9.17) is 0 Å². The van der Waals surface area contributed by atoms with Crippen LogP contribution in [0.2, 0.25) is 0 Å². The van der Waals surface area contributed by atoms with E-state index in [9.17, 15) is 0 Å². The molecule has 0 unspecified atom stereocenters. The summed E-state index contributed by atoms with van der Waals surface area (Å²) < 4.78 is 4.34. The lowest BCUT2D eigenvalue weighted by Gasteiger charge is -2.07. The van der Waals surface area contributed by atoms with Gasteiger partial charge in [-0.15, -0.1) is 0 Å². The van der Waals surface area contributed by atoms with Crippen molar-refractivity contribution in [3.05, 3.63) is 41.5 Å². The van der Waals surface area contributed by atoms with Crippen molar-refractivity contribution >= 4 is 0 Å². The van der Waals surface area contributed by atoms with Gasteiger partial charge in [-0.3, -0.25) is 4.68 Å². The first-order valence-electron chi connectivity index (χ1n) is 7.56. The van der Waals surface area contributed by atoms with Crippen LogP contribution in [0.25, 0.3) is 0 Å². The van der Waals surface area contributed by atoms with Crippen LogP contribution < -0.4 is 5.32 Å². The summed E-state index contributed by atoms with van der Waals surface area (Å²) in [6.45, 7) is 11.4. The van der Waals surface area contributed by atoms with Crippen LogP contribution in [0.1, 0.15) is 44.6 Å². The zero-order chi connectivity index (χ0) is 14.5. The minimum absolute atomic E-state index is 0.520. The van der Waals surface area contributed by atoms with Crippen LogP contribution in [0.5, 0.6) is 0 Å². The molecule has 0 radical (unpaired) electrons. The SMILES string of the molecule is CCc1cc(Cn2ccc(CNC(C)C)c2)n(CC)n1. The van der Waals surface area contributed by atoms with Gasteiger partial charge < -0.3 is 9.88 Å². The molecule has 110 valence electrons. The zero-order valence-corrected chi connectivity index (χ0v) is 13.1. The van der Waals surface area contributed by atoms with Crippen molar-refractivity contribution in [3.8, 4) is 0 Å². The molecule has 0 spiro atoms. The smallest absolute Gasteiger partial charge is 0.0639 e. The third-order valence-electron chi connectivity index (χ3n) is 3.45. The number of hydrogen-bond acceptors (Lipinski definition) is 2. The Bertz CT molecular complexity index is 536. The predicted molar refractivity (Wildman–Crippen MR) is 82.8 cm³/mol. The fraction of sp³-hybridized carbons (Fsp3) is 0.562. The maximum absolute atomic E-state index is 4.60. The molecule has 0 aliphatic heterocycles. The number of hydrogen-bond donors (Lipinski definition) is 1. The molecule has 0 atom stereocenters. The second-order valence-electron chi connectivity index (χ2n) is 5.52. The molecule has 0 saturated carbocycles. The van der Waals surface area contributed by atoms with Gasteiger partial charge in [-0.25, -0.2) is 0 Å². The number of nitrogens with one attached hydrogen (secondary N) is 1. The summed E-state index contributed by atoms with van der Waals surface area (Å²) in [5, 5.41) is 8.04. The van der Waals surface area contributed by atoms with E-state index in [2.05, 4.69) is 71.9 Å². The molecule has 4 heteroatoms. The van der Waals surface area contributed by atoms with Crippen molar-refractivity contribution in [1.29, 1.82) is 0 Å². The second kappa shape index (κ2) is 6.75. The minimum Gasteiger partial charge on any atom is -0.348 e. The summed E-state index contributed by atoms with van der Waals surface area (Å²) in [5.74, 6) is 0. The average Bonchev–Trinajstić information content (AvgIpc) is 3.03. The summed E-state index contributed by atoms with van der Waals surface area (Å²) in [6.07, 6.45) is 5.36. The molecule has 0 bridgehead atoms. The maximum Gasteiger partial charge on any atom is 0.0639 e. The van der Waals surface area contributed by atoms with Gasteiger partial charge in [0.15, 0.2) is 0 Å². The highest BCUT2D eigenvalue weighted by atomic mass is 15.3. The zero-order valence-electron chi connectivity index (χ0n) is 13.1. The number of nitrogens with zero attached hydrogens (tertiary/aromatic N) is 3. The van der Waals surface area contributed by atoms with Crippen molar-refractivity contribution in [2.75, 3.05) is 0 Å². The molecule has 0 amide bonds. The van der Waals surface area contributed by atoms with Crippen LogP contribution in [0, 0.1) is 0 Å². The second-order valence-corrected chi connectivity index (χ2v) is 5.52. The Balaban J connectivity index is 2.04. The molecule has 2 heterocycles. The largest absolute Gasteiger partial charge is 0.348 e. The highest BCUT2D eigenvalue weighted by molar-refractivity contribution is 5.15. The highest BCUT2D eigenvalue weighted by Crippen LogP contribution is 2.10.